The summed E-state index contributed by atoms with van der Waals surface area (Å²) in [5.74, 6) is -0.242. The molecular formula is C21H28F2N2O2. The molecule has 0 saturated carbocycles. The lowest BCUT2D eigenvalue weighted by molar-refractivity contribution is -0.142. The largest absolute Gasteiger partial charge is 0.343 e. The first kappa shape index (κ1) is 19.8. The van der Waals surface area contributed by atoms with E-state index in [4.69, 9.17) is 0 Å². The van der Waals surface area contributed by atoms with Gasteiger partial charge in [-0.05, 0) is 61.8 Å². The Morgan fingerprint density at radius 2 is 1.81 bits per heavy atom. The van der Waals surface area contributed by atoms with E-state index in [0.717, 1.165) is 37.7 Å². The van der Waals surface area contributed by atoms with Gasteiger partial charge in [0.1, 0.15) is 11.6 Å². The molecule has 0 bridgehead atoms. The molecule has 2 fully saturated rings. The average molecular weight is 378 g/mol. The van der Waals surface area contributed by atoms with E-state index in [9.17, 15) is 18.4 Å². The summed E-state index contributed by atoms with van der Waals surface area (Å²) in [7, 11) is 0. The fourth-order valence-electron chi connectivity index (χ4n) is 4.16. The summed E-state index contributed by atoms with van der Waals surface area (Å²) >= 11 is 0. The Hall–Kier alpha value is -1.98. The molecule has 0 radical (unpaired) electrons. The quantitative estimate of drug-likeness (QED) is 0.806. The topological polar surface area (TPSA) is 40.6 Å². The predicted octanol–water partition coefficient (Wildman–Crippen LogP) is 3.39. The number of halogens is 2. The van der Waals surface area contributed by atoms with Crippen molar-refractivity contribution in [2.24, 2.45) is 11.8 Å². The van der Waals surface area contributed by atoms with Crippen molar-refractivity contribution in [3.8, 4) is 0 Å². The lowest BCUT2D eigenvalue weighted by Gasteiger charge is -2.37. The van der Waals surface area contributed by atoms with Crippen LogP contribution in [0.4, 0.5) is 8.78 Å². The summed E-state index contributed by atoms with van der Waals surface area (Å²) in [5.41, 5.74) is 0.229. The van der Waals surface area contributed by atoms with Crippen LogP contribution in [0.15, 0.2) is 18.2 Å². The molecule has 4 nitrogen and oxygen atoms in total. The van der Waals surface area contributed by atoms with Gasteiger partial charge in [0.25, 0.3) is 0 Å². The number of likely N-dealkylation sites (tertiary alicyclic amines) is 2. The van der Waals surface area contributed by atoms with Crippen LogP contribution in [0, 0.1) is 23.5 Å². The first-order valence-corrected chi connectivity index (χ1v) is 9.94. The van der Waals surface area contributed by atoms with Crippen LogP contribution in [-0.2, 0) is 16.0 Å². The first-order chi connectivity index (χ1) is 12.9. The standard InChI is InChI=1S/C21H28F2N2O2/c1-15-3-2-10-25(14-15)21(27)16-8-11-24(12-9-16)20(26)7-4-17-13-18(22)5-6-19(17)23/h5-6,13,15-16H,2-4,7-12,14H2,1H3. The molecule has 2 aliphatic heterocycles. The molecular weight excluding hydrogens is 350 g/mol. The third-order valence-corrected chi connectivity index (χ3v) is 5.78. The molecule has 0 spiro atoms. The van der Waals surface area contributed by atoms with Gasteiger partial charge in [-0.15, -0.1) is 0 Å². The molecule has 27 heavy (non-hydrogen) atoms. The van der Waals surface area contributed by atoms with Gasteiger partial charge in [0, 0.05) is 38.5 Å². The van der Waals surface area contributed by atoms with Crippen molar-refractivity contribution in [3.05, 3.63) is 35.4 Å². The normalized spacial score (nSPS) is 21.4. The summed E-state index contributed by atoms with van der Waals surface area (Å²) in [5, 5.41) is 0. The van der Waals surface area contributed by atoms with Crippen molar-refractivity contribution >= 4 is 11.8 Å². The maximum absolute atomic E-state index is 13.7. The number of piperidine rings is 2. The highest BCUT2D eigenvalue weighted by Gasteiger charge is 2.31. The third kappa shape index (κ3) is 5.05. The van der Waals surface area contributed by atoms with Crippen molar-refractivity contribution in [1.29, 1.82) is 0 Å². The number of hydrogen-bond acceptors (Lipinski definition) is 2. The van der Waals surface area contributed by atoms with Gasteiger partial charge in [-0.2, -0.15) is 0 Å². The predicted molar refractivity (Wildman–Crippen MR) is 99.0 cm³/mol. The van der Waals surface area contributed by atoms with E-state index < -0.39 is 11.6 Å². The average Bonchev–Trinajstić information content (AvgIpc) is 2.68. The van der Waals surface area contributed by atoms with Gasteiger partial charge in [0.2, 0.25) is 11.8 Å². The number of nitrogens with zero attached hydrogens (tertiary/aromatic N) is 2. The number of carbonyl (C=O) groups excluding carboxylic acids is 2. The Labute approximate surface area is 159 Å². The molecule has 1 aromatic carbocycles. The summed E-state index contributed by atoms with van der Waals surface area (Å²) < 4.78 is 26.9. The summed E-state index contributed by atoms with van der Waals surface area (Å²) in [6, 6.07) is 3.31. The number of hydrogen-bond donors (Lipinski definition) is 0. The zero-order valence-corrected chi connectivity index (χ0v) is 15.9. The molecule has 0 aliphatic carbocycles. The Balaban J connectivity index is 1.46. The number of aryl methyl sites for hydroxylation is 1. The van der Waals surface area contributed by atoms with E-state index >= 15 is 0 Å². The zero-order chi connectivity index (χ0) is 19.4. The van der Waals surface area contributed by atoms with Crippen LogP contribution in [0.3, 0.4) is 0 Å². The number of benzene rings is 1. The van der Waals surface area contributed by atoms with E-state index in [1.165, 1.54) is 6.42 Å². The number of amides is 2. The van der Waals surface area contributed by atoms with Crippen LogP contribution in [0.5, 0.6) is 0 Å². The van der Waals surface area contributed by atoms with Gasteiger partial charge in [-0.1, -0.05) is 6.92 Å². The number of carbonyl (C=O) groups is 2. The van der Waals surface area contributed by atoms with Crippen LogP contribution in [0.25, 0.3) is 0 Å². The fraction of sp³-hybridized carbons (Fsp3) is 0.619. The van der Waals surface area contributed by atoms with Crippen LogP contribution in [0.1, 0.15) is 44.6 Å². The maximum atomic E-state index is 13.7. The molecule has 1 aromatic rings. The van der Waals surface area contributed by atoms with Gasteiger partial charge < -0.3 is 9.80 Å². The van der Waals surface area contributed by atoms with E-state index in [0.29, 0.717) is 31.8 Å². The first-order valence-electron chi connectivity index (χ1n) is 9.94. The molecule has 2 amide bonds. The molecule has 2 heterocycles. The van der Waals surface area contributed by atoms with Gasteiger partial charge in [0.15, 0.2) is 0 Å². The molecule has 3 rings (SSSR count). The van der Waals surface area contributed by atoms with Gasteiger partial charge in [0.05, 0.1) is 0 Å². The highest BCUT2D eigenvalue weighted by molar-refractivity contribution is 5.80. The van der Waals surface area contributed by atoms with Crippen LogP contribution < -0.4 is 0 Å². The van der Waals surface area contributed by atoms with E-state index in [1.54, 1.807) is 4.90 Å². The van der Waals surface area contributed by atoms with Crippen molar-refractivity contribution in [2.45, 2.75) is 45.4 Å². The molecule has 0 aromatic heterocycles. The van der Waals surface area contributed by atoms with E-state index in [2.05, 4.69) is 6.92 Å². The van der Waals surface area contributed by atoms with Crippen molar-refractivity contribution in [1.82, 2.24) is 9.80 Å². The molecule has 2 aliphatic rings. The second kappa shape index (κ2) is 8.81. The Morgan fingerprint density at radius 3 is 2.52 bits per heavy atom. The van der Waals surface area contributed by atoms with Gasteiger partial charge >= 0.3 is 0 Å². The smallest absolute Gasteiger partial charge is 0.225 e. The van der Waals surface area contributed by atoms with Gasteiger partial charge in [-0.3, -0.25) is 9.59 Å². The second-order valence-electron chi connectivity index (χ2n) is 7.92. The monoisotopic (exact) mass is 378 g/mol. The fourth-order valence-corrected chi connectivity index (χ4v) is 4.16. The zero-order valence-electron chi connectivity index (χ0n) is 15.9. The maximum Gasteiger partial charge on any atom is 0.225 e. The number of rotatable bonds is 4. The van der Waals surface area contributed by atoms with Crippen LogP contribution in [0.2, 0.25) is 0 Å². The van der Waals surface area contributed by atoms with Crippen LogP contribution in [-0.4, -0.2) is 47.8 Å². The summed E-state index contributed by atoms with van der Waals surface area (Å²) in [4.78, 5) is 28.8. The SMILES string of the molecule is CC1CCCN(C(=O)C2CCN(C(=O)CCc3cc(F)ccc3F)CC2)C1. The van der Waals surface area contributed by atoms with Crippen molar-refractivity contribution < 1.29 is 18.4 Å². The molecule has 1 unspecified atom stereocenters. The second-order valence-corrected chi connectivity index (χ2v) is 7.92. The summed E-state index contributed by atoms with van der Waals surface area (Å²) in [6.45, 7) is 5.00. The molecule has 2 saturated heterocycles. The lowest BCUT2D eigenvalue weighted by Crippen LogP contribution is -2.47. The Morgan fingerprint density at radius 1 is 1.07 bits per heavy atom. The van der Waals surface area contributed by atoms with E-state index in [-0.39, 0.29) is 36.1 Å². The Bertz CT molecular complexity index is 687. The minimum Gasteiger partial charge on any atom is -0.343 e. The highest BCUT2D eigenvalue weighted by Crippen LogP contribution is 2.24. The van der Waals surface area contributed by atoms with Gasteiger partial charge in [-0.25, -0.2) is 8.78 Å². The lowest BCUT2D eigenvalue weighted by atomic mass is 9.92. The van der Waals surface area contributed by atoms with E-state index in [1.807, 2.05) is 4.90 Å². The molecule has 148 valence electrons. The minimum absolute atomic E-state index is 0.0000126. The van der Waals surface area contributed by atoms with Crippen molar-refractivity contribution in [3.63, 3.8) is 0 Å². The van der Waals surface area contributed by atoms with Crippen molar-refractivity contribution in [2.75, 3.05) is 26.2 Å². The molecule has 1 atom stereocenters. The minimum atomic E-state index is -0.495. The third-order valence-electron chi connectivity index (χ3n) is 5.78. The Kier molecular flexibility index (Phi) is 6.45. The highest BCUT2D eigenvalue weighted by atomic mass is 19.1. The summed E-state index contributed by atoms with van der Waals surface area (Å²) in [6.07, 6.45) is 3.96. The van der Waals surface area contributed by atoms with Crippen LogP contribution >= 0.6 is 0 Å². The molecule has 0 N–H and O–H groups in total. The molecule has 6 heteroatoms.